The maximum Gasteiger partial charge on any atom is 0.225 e. The molecular weight excluding hydrogens is 382 g/mol. The van der Waals surface area contributed by atoms with Gasteiger partial charge in [0.2, 0.25) is 11.8 Å². The summed E-state index contributed by atoms with van der Waals surface area (Å²) in [6.45, 7) is 4.25. The summed E-state index contributed by atoms with van der Waals surface area (Å²) in [6.07, 6.45) is 6.29. The van der Waals surface area contributed by atoms with Crippen LogP contribution < -0.4 is 5.32 Å². The largest absolute Gasteiger partial charge is 0.351 e. The van der Waals surface area contributed by atoms with Gasteiger partial charge < -0.3 is 10.2 Å². The van der Waals surface area contributed by atoms with Crippen LogP contribution >= 0.6 is 22.9 Å². The number of likely N-dealkylation sites (tertiary alicyclic amines) is 2. The highest BCUT2D eigenvalue weighted by Gasteiger charge is 2.37. The van der Waals surface area contributed by atoms with Gasteiger partial charge in [-0.2, -0.15) is 0 Å². The number of thiophene rings is 1. The minimum absolute atomic E-state index is 0.0697. The molecule has 2 amide bonds. The maximum atomic E-state index is 12.6. The van der Waals surface area contributed by atoms with E-state index in [0.29, 0.717) is 24.4 Å². The van der Waals surface area contributed by atoms with Crippen LogP contribution in [0.3, 0.4) is 0 Å². The Bertz CT molecular complexity index is 683. The molecule has 4 rings (SSSR count). The van der Waals surface area contributed by atoms with Crippen LogP contribution in [-0.4, -0.2) is 53.8 Å². The molecule has 0 radical (unpaired) electrons. The maximum absolute atomic E-state index is 12.6. The van der Waals surface area contributed by atoms with Crippen LogP contribution in [0.15, 0.2) is 12.1 Å². The van der Waals surface area contributed by atoms with Gasteiger partial charge in [0.1, 0.15) is 0 Å². The first-order chi connectivity index (χ1) is 13.1. The number of hydrogen-bond donors (Lipinski definition) is 1. The summed E-state index contributed by atoms with van der Waals surface area (Å²) < 4.78 is 0.759. The van der Waals surface area contributed by atoms with Crippen LogP contribution in [0.5, 0.6) is 0 Å². The Kier molecular flexibility index (Phi) is 6.05. The lowest BCUT2D eigenvalue weighted by atomic mass is 9.93. The van der Waals surface area contributed by atoms with Gasteiger partial charge in [-0.25, -0.2) is 0 Å². The van der Waals surface area contributed by atoms with E-state index in [4.69, 9.17) is 11.6 Å². The van der Waals surface area contributed by atoms with Crippen molar-refractivity contribution in [2.24, 2.45) is 11.8 Å². The zero-order valence-corrected chi connectivity index (χ0v) is 17.2. The number of hydrogen-bond acceptors (Lipinski definition) is 4. The summed E-state index contributed by atoms with van der Waals surface area (Å²) in [7, 11) is 0. The third-order valence-corrected chi connectivity index (χ3v) is 7.34. The van der Waals surface area contributed by atoms with E-state index in [1.807, 2.05) is 12.1 Å². The fraction of sp³-hybridized carbons (Fsp3) is 0.700. The van der Waals surface area contributed by atoms with Crippen molar-refractivity contribution in [1.29, 1.82) is 0 Å². The number of halogens is 1. The standard InChI is InChI=1S/C20H28ClN3O2S/c21-18-6-5-17(27-18)12-22-19(25)15-2-1-9-24(13-15)16-7-10-23(11-8-16)20(26)14-3-4-14/h5-6,14-16H,1-4,7-13H2,(H,22,25). The molecule has 148 valence electrons. The summed E-state index contributed by atoms with van der Waals surface area (Å²) in [6, 6.07) is 4.35. The molecule has 2 aliphatic heterocycles. The van der Waals surface area contributed by atoms with Crippen molar-refractivity contribution < 1.29 is 9.59 Å². The summed E-state index contributed by atoms with van der Waals surface area (Å²) >= 11 is 7.47. The molecular formula is C20H28ClN3O2S. The zero-order chi connectivity index (χ0) is 18.8. The molecule has 5 nitrogen and oxygen atoms in total. The van der Waals surface area contributed by atoms with Crippen LogP contribution in [0.1, 0.15) is 43.4 Å². The molecule has 1 atom stereocenters. The van der Waals surface area contributed by atoms with Crippen LogP contribution in [0.25, 0.3) is 0 Å². The Hall–Kier alpha value is -1.11. The van der Waals surface area contributed by atoms with Crippen molar-refractivity contribution in [3.63, 3.8) is 0 Å². The zero-order valence-electron chi connectivity index (χ0n) is 15.7. The molecule has 1 aliphatic carbocycles. The number of carbonyl (C=O) groups excluding carboxylic acids is 2. The van der Waals surface area contributed by atoms with E-state index in [1.165, 1.54) is 11.3 Å². The average Bonchev–Trinajstić information content (AvgIpc) is 3.47. The average molecular weight is 410 g/mol. The monoisotopic (exact) mass is 409 g/mol. The van der Waals surface area contributed by atoms with Gasteiger partial charge in [-0.1, -0.05) is 11.6 Å². The number of amides is 2. The van der Waals surface area contributed by atoms with Crippen LogP contribution in [-0.2, 0) is 16.1 Å². The van der Waals surface area contributed by atoms with Gasteiger partial charge in [0.15, 0.2) is 0 Å². The van der Waals surface area contributed by atoms with E-state index < -0.39 is 0 Å². The van der Waals surface area contributed by atoms with Gasteiger partial charge in [0.25, 0.3) is 0 Å². The summed E-state index contributed by atoms with van der Waals surface area (Å²) in [5, 5.41) is 3.08. The first kappa shape index (κ1) is 19.2. The van der Waals surface area contributed by atoms with E-state index in [2.05, 4.69) is 15.1 Å². The van der Waals surface area contributed by atoms with Crippen LogP contribution in [0.4, 0.5) is 0 Å². The van der Waals surface area contributed by atoms with E-state index >= 15 is 0 Å². The van der Waals surface area contributed by atoms with Crippen molar-refractivity contribution in [3.05, 3.63) is 21.3 Å². The molecule has 3 fully saturated rings. The van der Waals surface area contributed by atoms with E-state index in [0.717, 1.165) is 73.9 Å². The van der Waals surface area contributed by atoms with Crippen molar-refractivity contribution in [2.45, 2.75) is 51.1 Å². The van der Waals surface area contributed by atoms with E-state index in [-0.39, 0.29) is 11.8 Å². The molecule has 27 heavy (non-hydrogen) atoms. The lowest BCUT2D eigenvalue weighted by Crippen LogP contribution is -2.51. The Morgan fingerprint density at radius 1 is 1.07 bits per heavy atom. The molecule has 1 N–H and O–H groups in total. The fourth-order valence-corrected chi connectivity index (χ4v) is 5.38. The molecule has 0 bridgehead atoms. The number of nitrogens with zero attached hydrogens (tertiary/aromatic N) is 2. The molecule has 0 aromatic carbocycles. The Balaban J connectivity index is 1.24. The number of rotatable bonds is 5. The predicted octanol–water partition coefficient (Wildman–Crippen LogP) is 3.13. The molecule has 1 saturated carbocycles. The van der Waals surface area contributed by atoms with Gasteiger partial charge >= 0.3 is 0 Å². The second kappa shape index (κ2) is 8.50. The van der Waals surface area contributed by atoms with Gasteiger partial charge in [0, 0.05) is 36.5 Å². The molecule has 0 spiro atoms. The normalized spacial score (nSPS) is 24.8. The quantitative estimate of drug-likeness (QED) is 0.812. The SMILES string of the molecule is O=C(NCc1ccc(Cl)s1)C1CCCN(C2CCN(C(=O)C3CC3)CC2)C1. The summed E-state index contributed by atoms with van der Waals surface area (Å²) in [5.74, 6) is 0.923. The van der Waals surface area contributed by atoms with Gasteiger partial charge in [-0.15, -0.1) is 11.3 Å². The van der Waals surface area contributed by atoms with Crippen molar-refractivity contribution in [1.82, 2.24) is 15.1 Å². The highest BCUT2D eigenvalue weighted by molar-refractivity contribution is 7.16. The number of nitrogens with one attached hydrogen (secondary N) is 1. The minimum atomic E-state index is 0.0697. The van der Waals surface area contributed by atoms with Crippen LogP contribution in [0, 0.1) is 11.8 Å². The molecule has 3 aliphatic rings. The third-order valence-electron chi connectivity index (χ3n) is 6.11. The van der Waals surface area contributed by atoms with E-state index in [1.54, 1.807) is 0 Å². The molecule has 1 aromatic rings. The first-order valence-electron chi connectivity index (χ1n) is 10.1. The lowest BCUT2D eigenvalue weighted by molar-refractivity contribution is -0.134. The molecule has 1 aromatic heterocycles. The summed E-state index contributed by atoms with van der Waals surface area (Å²) in [4.78, 5) is 30.5. The molecule has 1 unspecified atom stereocenters. The molecule has 7 heteroatoms. The number of piperidine rings is 2. The third kappa shape index (κ3) is 4.84. The smallest absolute Gasteiger partial charge is 0.225 e. The summed E-state index contributed by atoms with van der Waals surface area (Å²) in [5.41, 5.74) is 0. The Labute approximate surface area is 170 Å². The fourth-order valence-electron chi connectivity index (χ4n) is 4.36. The second-order valence-corrected chi connectivity index (χ2v) is 9.89. The van der Waals surface area contributed by atoms with Crippen molar-refractivity contribution in [3.8, 4) is 0 Å². The minimum Gasteiger partial charge on any atom is -0.351 e. The van der Waals surface area contributed by atoms with Gasteiger partial charge in [-0.05, 0) is 57.2 Å². The second-order valence-electron chi connectivity index (χ2n) is 8.09. The van der Waals surface area contributed by atoms with Crippen molar-refractivity contribution in [2.75, 3.05) is 26.2 Å². The Morgan fingerprint density at radius 2 is 1.85 bits per heavy atom. The van der Waals surface area contributed by atoms with E-state index in [9.17, 15) is 9.59 Å². The van der Waals surface area contributed by atoms with Gasteiger partial charge in [0.05, 0.1) is 16.8 Å². The first-order valence-corrected chi connectivity index (χ1v) is 11.3. The Morgan fingerprint density at radius 3 is 2.52 bits per heavy atom. The highest BCUT2D eigenvalue weighted by atomic mass is 35.5. The number of carbonyl (C=O) groups is 2. The van der Waals surface area contributed by atoms with Crippen molar-refractivity contribution >= 4 is 34.8 Å². The highest BCUT2D eigenvalue weighted by Crippen LogP contribution is 2.32. The van der Waals surface area contributed by atoms with Crippen LogP contribution in [0.2, 0.25) is 4.34 Å². The lowest BCUT2D eigenvalue weighted by Gasteiger charge is -2.42. The molecule has 3 heterocycles. The molecule has 2 saturated heterocycles. The topological polar surface area (TPSA) is 52.7 Å². The van der Waals surface area contributed by atoms with Gasteiger partial charge in [-0.3, -0.25) is 14.5 Å². The predicted molar refractivity (Wildman–Crippen MR) is 108 cm³/mol.